The van der Waals surface area contributed by atoms with Crippen molar-refractivity contribution in [3.63, 3.8) is 0 Å². The summed E-state index contributed by atoms with van der Waals surface area (Å²) >= 11 is 0. The van der Waals surface area contributed by atoms with Crippen LogP contribution in [0.25, 0.3) is 0 Å². The Balaban J connectivity index is 1.44. The van der Waals surface area contributed by atoms with Crippen molar-refractivity contribution in [2.24, 2.45) is 0 Å². The number of aromatic hydroxyl groups is 8. The minimum atomic E-state index is -0.693. The lowest BCUT2D eigenvalue weighted by Gasteiger charge is -2.34. The van der Waals surface area contributed by atoms with Crippen LogP contribution in [0, 0.1) is 0 Å². The van der Waals surface area contributed by atoms with E-state index in [2.05, 4.69) is 0 Å². The van der Waals surface area contributed by atoms with Crippen LogP contribution in [0.2, 0.25) is 0 Å². The lowest BCUT2D eigenvalue weighted by molar-refractivity contribution is 0.221. The first-order valence-electron chi connectivity index (χ1n) is 16.6. The molecule has 6 atom stereocenters. The Morgan fingerprint density at radius 2 is 0.863 bits per heavy atom. The standard InChI is InChI=1S/C42H32O9/c43-23-7-1-19(2-8-23)33-35(22-13-26(46)15-27(47)14-22)38-31(50)18-32-39-37(42(51-32)21-5-11-25(45)12-6-21)29-16-28(48)17-30(49)36(29)34(40(33)41(38)39)20-3-9-24(44)10-4-20/h1-18,33-35,37,40,42-50H/t33-,34+,35-,37+,40+,42+/m0/s1. The second-order valence-electron chi connectivity index (χ2n) is 13.7. The highest BCUT2D eigenvalue weighted by Crippen LogP contribution is 2.70. The van der Waals surface area contributed by atoms with Gasteiger partial charge in [-0.1, -0.05) is 36.4 Å². The van der Waals surface area contributed by atoms with Crippen LogP contribution in [0.1, 0.15) is 85.8 Å². The van der Waals surface area contributed by atoms with Gasteiger partial charge in [-0.05, 0) is 88.0 Å². The molecule has 8 N–H and O–H groups in total. The zero-order chi connectivity index (χ0) is 35.3. The maximum atomic E-state index is 12.1. The number of benzene rings is 6. The molecule has 0 saturated heterocycles. The lowest BCUT2D eigenvalue weighted by Crippen LogP contribution is -2.20. The summed E-state index contributed by atoms with van der Waals surface area (Å²) in [5.74, 6) is -3.02. The van der Waals surface area contributed by atoms with E-state index in [4.69, 9.17) is 4.74 Å². The number of rotatable bonds is 4. The fraction of sp³-hybridized carbons (Fsp3) is 0.143. The summed E-state index contributed by atoms with van der Waals surface area (Å²) in [5.41, 5.74) is 6.00. The third kappa shape index (κ3) is 4.61. The molecule has 9 nitrogen and oxygen atoms in total. The van der Waals surface area contributed by atoms with E-state index in [0.717, 1.165) is 27.8 Å². The molecule has 3 aliphatic rings. The molecule has 0 unspecified atom stereocenters. The molecular formula is C42H32O9. The van der Waals surface area contributed by atoms with Gasteiger partial charge in [-0.2, -0.15) is 0 Å². The van der Waals surface area contributed by atoms with E-state index in [1.54, 1.807) is 84.9 Å². The largest absolute Gasteiger partial charge is 0.508 e. The Labute approximate surface area is 291 Å². The van der Waals surface area contributed by atoms with Crippen molar-refractivity contribution in [3.8, 4) is 51.7 Å². The van der Waals surface area contributed by atoms with Gasteiger partial charge in [0.25, 0.3) is 0 Å². The smallest absolute Gasteiger partial charge is 0.135 e. The maximum Gasteiger partial charge on any atom is 0.135 e. The highest BCUT2D eigenvalue weighted by molar-refractivity contribution is 5.72. The fourth-order valence-electron chi connectivity index (χ4n) is 9.08. The number of ether oxygens (including phenoxy) is 1. The Morgan fingerprint density at radius 1 is 0.353 bits per heavy atom. The van der Waals surface area contributed by atoms with Crippen LogP contribution >= 0.6 is 0 Å². The van der Waals surface area contributed by atoms with Crippen LogP contribution < -0.4 is 4.74 Å². The molecule has 0 spiro atoms. The molecule has 6 aromatic rings. The molecule has 6 aromatic carbocycles. The number of hydrogen-bond donors (Lipinski definition) is 8. The average Bonchev–Trinajstić information content (AvgIpc) is 3.60. The first-order valence-corrected chi connectivity index (χ1v) is 16.6. The molecule has 0 fully saturated rings. The van der Waals surface area contributed by atoms with Gasteiger partial charge in [0, 0.05) is 58.6 Å². The van der Waals surface area contributed by atoms with Crippen LogP contribution in [-0.4, -0.2) is 40.9 Å². The summed E-state index contributed by atoms with van der Waals surface area (Å²) in [6, 6.07) is 29.1. The van der Waals surface area contributed by atoms with Gasteiger partial charge in [0.1, 0.15) is 57.8 Å². The lowest BCUT2D eigenvalue weighted by atomic mass is 9.69. The van der Waals surface area contributed by atoms with Crippen molar-refractivity contribution in [1.82, 2.24) is 0 Å². The van der Waals surface area contributed by atoms with Gasteiger partial charge in [-0.3, -0.25) is 0 Å². The van der Waals surface area contributed by atoms with Gasteiger partial charge in [0.05, 0.1) is 5.92 Å². The average molecular weight is 681 g/mol. The normalized spacial score (nSPS) is 22.5. The molecule has 254 valence electrons. The number of phenols is 8. The SMILES string of the molecule is Oc1ccc([C@@H]2c3c(O)cc(O)cc3[C@@H]3c4c(cc(O)c5c4[C@@H]2[C@@H](c2ccc(O)cc2)[C@@H]5c2cc(O)cc(O)c2)O[C@@H]3c2ccc(O)cc2)cc1. The second kappa shape index (κ2) is 11.0. The number of hydrogen-bond acceptors (Lipinski definition) is 9. The van der Waals surface area contributed by atoms with Crippen molar-refractivity contribution in [3.05, 3.63) is 159 Å². The first kappa shape index (κ1) is 30.6. The van der Waals surface area contributed by atoms with Gasteiger partial charge < -0.3 is 45.6 Å². The summed E-state index contributed by atoms with van der Waals surface area (Å²) in [6.45, 7) is 0. The van der Waals surface area contributed by atoms with Gasteiger partial charge in [-0.15, -0.1) is 0 Å². The zero-order valence-electron chi connectivity index (χ0n) is 26.8. The summed E-state index contributed by atoms with van der Waals surface area (Å²) in [5, 5.41) is 87.5. The van der Waals surface area contributed by atoms with Crippen molar-refractivity contribution in [2.75, 3.05) is 0 Å². The third-order valence-corrected chi connectivity index (χ3v) is 10.9. The minimum Gasteiger partial charge on any atom is -0.508 e. The van der Waals surface area contributed by atoms with E-state index in [0.29, 0.717) is 28.0 Å². The molecule has 2 aliphatic carbocycles. The van der Waals surface area contributed by atoms with Crippen molar-refractivity contribution >= 4 is 0 Å². The number of fused-ring (bicyclic) bond motifs is 2. The molecule has 0 radical (unpaired) electrons. The maximum absolute atomic E-state index is 12.1. The molecule has 9 rings (SSSR count). The highest BCUT2D eigenvalue weighted by atomic mass is 16.5. The van der Waals surface area contributed by atoms with E-state index >= 15 is 0 Å². The quantitative estimate of drug-likeness (QED) is 0.0927. The van der Waals surface area contributed by atoms with E-state index in [9.17, 15) is 40.9 Å². The zero-order valence-corrected chi connectivity index (χ0v) is 26.8. The molecule has 0 aromatic heterocycles. The Kier molecular flexibility index (Phi) is 6.60. The molecule has 0 amide bonds. The van der Waals surface area contributed by atoms with E-state index < -0.39 is 35.7 Å². The minimum absolute atomic E-state index is 0.0537. The van der Waals surface area contributed by atoms with Gasteiger partial charge >= 0.3 is 0 Å². The second-order valence-corrected chi connectivity index (χ2v) is 13.7. The summed E-state index contributed by atoms with van der Waals surface area (Å²) in [4.78, 5) is 0. The van der Waals surface area contributed by atoms with Crippen LogP contribution in [0.5, 0.6) is 51.7 Å². The molecular weight excluding hydrogens is 648 g/mol. The van der Waals surface area contributed by atoms with Crippen molar-refractivity contribution in [1.29, 1.82) is 0 Å². The predicted octanol–water partition coefficient (Wildman–Crippen LogP) is 7.76. The van der Waals surface area contributed by atoms with Gasteiger partial charge in [-0.25, -0.2) is 0 Å². The highest BCUT2D eigenvalue weighted by Gasteiger charge is 2.56. The molecule has 1 heterocycles. The Hall–Kier alpha value is -6.48. The van der Waals surface area contributed by atoms with Gasteiger partial charge in [0.2, 0.25) is 0 Å². The topological polar surface area (TPSA) is 171 Å². The van der Waals surface area contributed by atoms with Crippen molar-refractivity contribution < 1.29 is 45.6 Å². The Bertz CT molecular complexity index is 2330. The molecule has 0 bridgehead atoms. The summed E-state index contributed by atoms with van der Waals surface area (Å²) in [6.07, 6.45) is -0.693. The van der Waals surface area contributed by atoms with Gasteiger partial charge in [0.15, 0.2) is 0 Å². The van der Waals surface area contributed by atoms with E-state index in [-0.39, 0.29) is 46.0 Å². The third-order valence-electron chi connectivity index (χ3n) is 10.9. The molecule has 51 heavy (non-hydrogen) atoms. The fourth-order valence-corrected chi connectivity index (χ4v) is 9.08. The predicted molar refractivity (Wildman–Crippen MR) is 186 cm³/mol. The van der Waals surface area contributed by atoms with Crippen LogP contribution in [0.15, 0.2) is 109 Å². The molecule has 0 saturated carbocycles. The van der Waals surface area contributed by atoms with Crippen LogP contribution in [-0.2, 0) is 0 Å². The van der Waals surface area contributed by atoms with Crippen molar-refractivity contribution in [2.45, 2.75) is 35.7 Å². The first-order chi connectivity index (χ1) is 24.6. The molecule has 1 aliphatic heterocycles. The van der Waals surface area contributed by atoms with Crippen LogP contribution in [0.3, 0.4) is 0 Å². The number of phenolic OH excluding ortho intramolecular Hbond substituents is 8. The van der Waals surface area contributed by atoms with E-state index in [1.165, 1.54) is 12.1 Å². The molecule has 9 heteroatoms. The summed E-state index contributed by atoms with van der Waals surface area (Å²) in [7, 11) is 0. The Morgan fingerprint density at radius 3 is 1.47 bits per heavy atom. The monoisotopic (exact) mass is 680 g/mol. The van der Waals surface area contributed by atoms with Crippen LogP contribution in [0.4, 0.5) is 0 Å². The van der Waals surface area contributed by atoms with E-state index in [1.807, 2.05) is 12.1 Å². The summed E-state index contributed by atoms with van der Waals surface area (Å²) < 4.78 is 6.70.